The molecule has 0 bridgehead atoms. The van der Waals surface area contributed by atoms with Gasteiger partial charge in [0.1, 0.15) is 0 Å². The summed E-state index contributed by atoms with van der Waals surface area (Å²) >= 11 is 0. The molecule has 1 aromatic carbocycles. The highest BCUT2D eigenvalue weighted by molar-refractivity contribution is 5.61. The first-order valence-electron chi connectivity index (χ1n) is 6.52. The van der Waals surface area contributed by atoms with Crippen LogP contribution in [0.1, 0.15) is 18.9 Å². The molecule has 0 fully saturated rings. The number of nitrogens with zero attached hydrogens (tertiary/aromatic N) is 3. The molecule has 0 spiro atoms. The van der Waals surface area contributed by atoms with Gasteiger partial charge in [-0.25, -0.2) is 14.5 Å². The average molecular weight is 269 g/mol. The average Bonchev–Trinajstić information content (AvgIpc) is 2.82. The van der Waals surface area contributed by atoms with Gasteiger partial charge in [-0.3, -0.25) is 4.79 Å². The van der Waals surface area contributed by atoms with Crippen molar-refractivity contribution < 1.29 is 0 Å². The second-order valence-electron chi connectivity index (χ2n) is 4.67. The van der Waals surface area contributed by atoms with E-state index >= 15 is 0 Å². The van der Waals surface area contributed by atoms with Gasteiger partial charge in [-0.15, -0.1) is 5.10 Å². The number of hydrogen-bond donors (Lipinski definition) is 2. The monoisotopic (exact) mass is 269 g/mol. The molecule has 3 rings (SSSR count). The van der Waals surface area contributed by atoms with Crippen LogP contribution in [0.4, 0.5) is 5.95 Å². The van der Waals surface area contributed by atoms with Crippen molar-refractivity contribution in [1.29, 1.82) is 0 Å². The van der Waals surface area contributed by atoms with E-state index in [1.807, 2.05) is 12.1 Å². The molecule has 2 aromatic heterocycles. The Kier molecular flexibility index (Phi) is 2.98. The number of aromatic amines is 1. The Morgan fingerprint density at radius 2 is 2.05 bits per heavy atom. The summed E-state index contributed by atoms with van der Waals surface area (Å²) in [6.45, 7) is 2.15. The molecule has 0 amide bonds. The lowest BCUT2D eigenvalue weighted by atomic mass is 10.1. The molecular weight excluding hydrogens is 254 g/mol. The van der Waals surface area contributed by atoms with Crippen molar-refractivity contribution in [2.75, 3.05) is 5.73 Å². The number of nitrogens with one attached hydrogen (secondary N) is 1. The third-order valence-corrected chi connectivity index (χ3v) is 3.21. The Balaban J connectivity index is 2.07. The number of fused-ring (bicyclic) bond motifs is 1. The van der Waals surface area contributed by atoms with Gasteiger partial charge in [-0.05, 0) is 12.0 Å². The Labute approximate surface area is 115 Å². The predicted octanol–water partition coefficient (Wildman–Crippen LogP) is 1.62. The second kappa shape index (κ2) is 4.80. The minimum atomic E-state index is -0.242. The van der Waals surface area contributed by atoms with Crippen LogP contribution in [0.2, 0.25) is 0 Å². The molecule has 6 nitrogen and oxygen atoms in total. The molecule has 3 N–H and O–H groups in total. The normalized spacial score (nSPS) is 11.1. The number of aryl methyl sites for hydroxylation is 1. The van der Waals surface area contributed by atoms with Gasteiger partial charge in [0.25, 0.3) is 5.56 Å². The molecule has 0 saturated carbocycles. The molecule has 3 aromatic rings. The zero-order chi connectivity index (χ0) is 14.1. The van der Waals surface area contributed by atoms with E-state index in [1.54, 1.807) is 0 Å². The number of benzene rings is 1. The van der Waals surface area contributed by atoms with E-state index in [1.165, 1.54) is 16.0 Å². The van der Waals surface area contributed by atoms with Crippen LogP contribution < -0.4 is 11.3 Å². The zero-order valence-corrected chi connectivity index (χ0v) is 11.1. The van der Waals surface area contributed by atoms with Gasteiger partial charge in [0, 0.05) is 11.6 Å². The number of H-pyrrole nitrogens is 1. The quantitative estimate of drug-likeness (QED) is 0.756. The SMILES string of the molecule is CCCc1ccc(-c2cc(=O)n3c(N)n[nH]c3n2)cc1. The van der Waals surface area contributed by atoms with Gasteiger partial charge >= 0.3 is 0 Å². The van der Waals surface area contributed by atoms with Crippen molar-refractivity contribution >= 4 is 11.7 Å². The van der Waals surface area contributed by atoms with Gasteiger partial charge in [0.2, 0.25) is 11.7 Å². The molecule has 6 heteroatoms. The van der Waals surface area contributed by atoms with Crippen molar-refractivity contribution in [2.45, 2.75) is 19.8 Å². The summed E-state index contributed by atoms with van der Waals surface area (Å²) in [7, 11) is 0. The standard InChI is InChI=1S/C14H15N5O/c1-2-3-9-4-6-10(7-5-9)11-8-12(20)19-13(15)17-18-14(19)16-11/h4-8H,2-3H2,1H3,(H2,15,17)(H,16,18). The van der Waals surface area contributed by atoms with Gasteiger partial charge in [0.15, 0.2) is 0 Å². The topological polar surface area (TPSA) is 89.1 Å². The maximum Gasteiger partial charge on any atom is 0.262 e. The van der Waals surface area contributed by atoms with Crippen LogP contribution in [0.15, 0.2) is 35.1 Å². The largest absolute Gasteiger partial charge is 0.368 e. The van der Waals surface area contributed by atoms with Crippen LogP contribution in [0.3, 0.4) is 0 Å². The lowest BCUT2D eigenvalue weighted by Gasteiger charge is -2.03. The van der Waals surface area contributed by atoms with Crippen LogP contribution in [0, 0.1) is 0 Å². The van der Waals surface area contributed by atoms with E-state index in [4.69, 9.17) is 5.73 Å². The third kappa shape index (κ3) is 2.05. The fraction of sp³-hybridized carbons (Fsp3) is 0.214. The lowest BCUT2D eigenvalue weighted by molar-refractivity contribution is 0.922. The molecule has 0 aliphatic carbocycles. The number of nitrogen functional groups attached to an aromatic ring is 1. The second-order valence-corrected chi connectivity index (χ2v) is 4.67. The summed E-state index contributed by atoms with van der Waals surface area (Å²) < 4.78 is 1.24. The van der Waals surface area contributed by atoms with Crippen LogP contribution in [-0.2, 0) is 6.42 Å². The Morgan fingerprint density at radius 1 is 1.30 bits per heavy atom. The van der Waals surface area contributed by atoms with Gasteiger partial charge in [-0.2, -0.15) is 0 Å². The van der Waals surface area contributed by atoms with Crippen molar-refractivity contribution in [2.24, 2.45) is 0 Å². The molecule has 0 aliphatic heterocycles. The Hall–Kier alpha value is -2.63. The molecule has 2 heterocycles. The molecule has 0 unspecified atom stereocenters. The smallest absolute Gasteiger partial charge is 0.262 e. The summed E-state index contributed by atoms with van der Waals surface area (Å²) in [5.74, 6) is 0.463. The molecule has 0 atom stereocenters. The summed E-state index contributed by atoms with van der Waals surface area (Å²) in [6, 6.07) is 9.53. The molecule has 0 saturated heterocycles. The number of anilines is 1. The number of nitrogens with two attached hydrogens (primary N) is 1. The van der Waals surface area contributed by atoms with Gasteiger partial charge < -0.3 is 5.73 Å². The van der Waals surface area contributed by atoms with E-state index in [0.29, 0.717) is 11.5 Å². The van der Waals surface area contributed by atoms with E-state index in [0.717, 1.165) is 18.4 Å². The fourth-order valence-corrected chi connectivity index (χ4v) is 2.21. The van der Waals surface area contributed by atoms with Crippen molar-refractivity contribution in [3.05, 3.63) is 46.2 Å². The van der Waals surface area contributed by atoms with Crippen molar-refractivity contribution in [3.8, 4) is 11.3 Å². The van der Waals surface area contributed by atoms with E-state index in [2.05, 4.69) is 34.2 Å². The first kappa shape index (κ1) is 12.4. The molecule has 0 aliphatic rings. The lowest BCUT2D eigenvalue weighted by Crippen LogP contribution is -2.15. The summed E-state index contributed by atoms with van der Waals surface area (Å²) in [5.41, 5.74) is 8.15. The highest BCUT2D eigenvalue weighted by atomic mass is 16.1. The zero-order valence-electron chi connectivity index (χ0n) is 11.1. The maximum atomic E-state index is 12.0. The van der Waals surface area contributed by atoms with Crippen LogP contribution >= 0.6 is 0 Å². The fourth-order valence-electron chi connectivity index (χ4n) is 2.21. The highest BCUT2D eigenvalue weighted by Gasteiger charge is 2.08. The van der Waals surface area contributed by atoms with E-state index in [-0.39, 0.29) is 11.5 Å². The summed E-state index contributed by atoms with van der Waals surface area (Å²) in [4.78, 5) is 16.4. The van der Waals surface area contributed by atoms with Crippen molar-refractivity contribution in [1.82, 2.24) is 19.6 Å². The minimum absolute atomic E-state index is 0.113. The summed E-state index contributed by atoms with van der Waals surface area (Å²) in [6.07, 6.45) is 2.16. The van der Waals surface area contributed by atoms with Crippen molar-refractivity contribution in [3.63, 3.8) is 0 Å². The Morgan fingerprint density at radius 3 is 2.75 bits per heavy atom. The first-order chi connectivity index (χ1) is 9.69. The van der Waals surface area contributed by atoms with Gasteiger partial charge in [0.05, 0.1) is 5.69 Å². The summed E-state index contributed by atoms with van der Waals surface area (Å²) in [5, 5.41) is 6.43. The molecule has 102 valence electrons. The first-order valence-corrected chi connectivity index (χ1v) is 6.52. The molecule has 0 radical (unpaired) electrons. The Bertz CT molecular complexity index is 801. The molecular formula is C14H15N5O. The number of aromatic nitrogens is 4. The van der Waals surface area contributed by atoms with E-state index < -0.39 is 0 Å². The number of rotatable bonds is 3. The number of hydrogen-bond acceptors (Lipinski definition) is 4. The third-order valence-electron chi connectivity index (χ3n) is 3.21. The van der Waals surface area contributed by atoms with Crippen LogP contribution in [-0.4, -0.2) is 19.6 Å². The molecule has 20 heavy (non-hydrogen) atoms. The van der Waals surface area contributed by atoms with Crippen LogP contribution in [0.25, 0.3) is 17.0 Å². The van der Waals surface area contributed by atoms with E-state index in [9.17, 15) is 4.79 Å². The maximum absolute atomic E-state index is 12.0. The van der Waals surface area contributed by atoms with Crippen LogP contribution in [0.5, 0.6) is 0 Å². The highest BCUT2D eigenvalue weighted by Crippen LogP contribution is 2.17. The minimum Gasteiger partial charge on any atom is -0.368 e. The van der Waals surface area contributed by atoms with Gasteiger partial charge in [-0.1, -0.05) is 37.6 Å². The predicted molar refractivity (Wildman–Crippen MR) is 77.5 cm³/mol.